The minimum Gasteiger partial charge on any atom is -0.310 e. The minimum atomic E-state index is -3.13. The highest BCUT2D eigenvalue weighted by molar-refractivity contribution is 9.10. The summed E-state index contributed by atoms with van der Waals surface area (Å²) in [6.45, 7) is 5.01. The largest absolute Gasteiger partial charge is 0.310 e. The van der Waals surface area contributed by atoms with Crippen LogP contribution in [0.5, 0.6) is 0 Å². The average molecular weight is 332 g/mol. The maximum Gasteiger partial charge on any atom is 0.179 e. The number of hydrogen-bond donors (Lipinski definition) is 1. The maximum atomic E-state index is 12.2. The lowest BCUT2D eigenvalue weighted by atomic mass is 9.95. The molecule has 0 aliphatic carbocycles. The van der Waals surface area contributed by atoms with Gasteiger partial charge in [-0.05, 0) is 42.6 Å². The molecule has 1 aromatic rings. The number of nitrogens with one attached hydrogen (secondary N) is 1. The molecule has 1 heterocycles. The molecule has 100 valence electrons. The second-order valence-corrected chi connectivity index (χ2v) is 7.79. The summed E-state index contributed by atoms with van der Waals surface area (Å²) in [5.41, 5.74) is 0.900. The van der Waals surface area contributed by atoms with Crippen LogP contribution in [0.2, 0.25) is 0 Å². The van der Waals surface area contributed by atoms with E-state index in [1.807, 2.05) is 13.0 Å². The van der Waals surface area contributed by atoms with Crippen molar-refractivity contribution in [3.63, 3.8) is 0 Å². The van der Waals surface area contributed by atoms with E-state index in [2.05, 4.69) is 28.2 Å². The Morgan fingerprint density at radius 1 is 1.44 bits per heavy atom. The Balaban J connectivity index is 2.49. The van der Waals surface area contributed by atoms with E-state index in [0.717, 1.165) is 23.0 Å². The van der Waals surface area contributed by atoms with Crippen LogP contribution in [0.15, 0.2) is 27.6 Å². The SMILES string of the molecule is CCCNC1c2cc(Br)ccc2S(=O)(=O)CC1C. The highest BCUT2D eigenvalue weighted by atomic mass is 79.9. The molecule has 0 fully saturated rings. The van der Waals surface area contributed by atoms with Crippen molar-refractivity contribution in [3.05, 3.63) is 28.2 Å². The molecular formula is C13H18BrNO2S. The number of hydrogen-bond acceptors (Lipinski definition) is 3. The summed E-state index contributed by atoms with van der Waals surface area (Å²) in [7, 11) is -3.13. The summed E-state index contributed by atoms with van der Waals surface area (Å²) < 4.78 is 25.3. The van der Waals surface area contributed by atoms with Crippen LogP contribution in [0.3, 0.4) is 0 Å². The Hall–Kier alpha value is -0.390. The van der Waals surface area contributed by atoms with Crippen molar-refractivity contribution in [3.8, 4) is 0 Å². The molecule has 2 unspecified atom stereocenters. The Bertz CT molecular complexity index is 542. The van der Waals surface area contributed by atoms with Crippen molar-refractivity contribution < 1.29 is 8.42 Å². The number of rotatable bonds is 3. The van der Waals surface area contributed by atoms with E-state index in [1.54, 1.807) is 12.1 Å². The quantitative estimate of drug-likeness (QED) is 0.926. The van der Waals surface area contributed by atoms with Gasteiger partial charge in [-0.1, -0.05) is 29.8 Å². The highest BCUT2D eigenvalue weighted by Crippen LogP contribution is 2.37. The molecule has 0 radical (unpaired) electrons. The Morgan fingerprint density at radius 2 is 2.17 bits per heavy atom. The van der Waals surface area contributed by atoms with Crippen LogP contribution in [0.4, 0.5) is 0 Å². The van der Waals surface area contributed by atoms with Crippen molar-refractivity contribution >= 4 is 25.8 Å². The van der Waals surface area contributed by atoms with E-state index < -0.39 is 9.84 Å². The van der Waals surface area contributed by atoms with Gasteiger partial charge in [0.15, 0.2) is 9.84 Å². The molecule has 18 heavy (non-hydrogen) atoms. The predicted molar refractivity (Wildman–Crippen MR) is 76.4 cm³/mol. The second kappa shape index (κ2) is 5.31. The van der Waals surface area contributed by atoms with E-state index >= 15 is 0 Å². The standard InChI is InChI=1S/C13H18BrNO2S/c1-3-6-15-13-9(2)8-18(16,17)12-5-4-10(14)7-11(12)13/h4-5,7,9,13,15H,3,6,8H2,1-2H3. The van der Waals surface area contributed by atoms with E-state index in [0.29, 0.717) is 4.90 Å². The minimum absolute atomic E-state index is 0.100. The summed E-state index contributed by atoms with van der Waals surface area (Å²) in [6, 6.07) is 5.56. The third kappa shape index (κ3) is 2.63. The number of fused-ring (bicyclic) bond motifs is 1. The van der Waals surface area contributed by atoms with Crippen LogP contribution in [0.25, 0.3) is 0 Å². The van der Waals surface area contributed by atoms with Crippen LogP contribution in [0, 0.1) is 5.92 Å². The van der Waals surface area contributed by atoms with Crippen LogP contribution < -0.4 is 5.32 Å². The van der Waals surface area contributed by atoms with Gasteiger partial charge in [0.1, 0.15) is 0 Å². The molecule has 0 amide bonds. The van der Waals surface area contributed by atoms with Gasteiger partial charge in [-0.25, -0.2) is 8.42 Å². The first-order valence-corrected chi connectivity index (χ1v) is 8.66. The molecule has 1 aliphatic heterocycles. The van der Waals surface area contributed by atoms with Crippen molar-refractivity contribution in [1.82, 2.24) is 5.32 Å². The lowest BCUT2D eigenvalue weighted by molar-refractivity contribution is 0.395. The second-order valence-electron chi connectivity index (χ2n) is 4.87. The van der Waals surface area contributed by atoms with Gasteiger partial charge in [0, 0.05) is 10.5 Å². The van der Waals surface area contributed by atoms with Gasteiger partial charge in [-0.3, -0.25) is 0 Å². The molecule has 0 bridgehead atoms. The molecule has 2 atom stereocenters. The summed E-state index contributed by atoms with van der Waals surface area (Å²) in [4.78, 5) is 0.484. The van der Waals surface area contributed by atoms with E-state index in [-0.39, 0.29) is 17.7 Å². The fourth-order valence-electron chi connectivity index (χ4n) is 2.50. The fourth-order valence-corrected chi connectivity index (χ4v) is 4.76. The maximum absolute atomic E-state index is 12.2. The molecule has 5 heteroatoms. The summed E-state index contributed by atoms with van der Waals surface area (Å²) in [5, 5.41) is 3.46. The van der Waals surface area contributed by atoms with Gasteiger partial charge >= 0.3 is 0 Å². The van der Waals surface area contributed by atoms with Gasteiger partial charge in [0.2, 0.25) is 0 Å². The molecule has 1 aliphatic rings. The molecule has 1 N–H and O–H groups in total. The fraction of sp³-hybridized carbons (Fsp3) is 0.538. The molecular weight excluding hydrogens is 314 g/mol. The summed E-state index contributed by atoms with van der Waals surface area (Å²) >= 11 is 3.42. The third-order valence-electron chi connectivity index (χ3n) is 3.31. The lowest BCUT2D eigenvalue weighted by Crippen LogP contribution is -2.36. The first-order chi connectivity index (χ1) is 8.45. The van der Waals surface area contributed by atoms with Crippen LogP contribution >= 0.6 is 15.9 Å². The topological polar surface area (TPSA) is 46.2 Å². The Labute approximate surface area is 117 Å². The molecule has 0 aromatic heterocycles. The van der Waals surface area contributed by atoms with Crippen molar-refractivity contribution in [1.29, 1.82) is 0 Å². The van der Waals surface area contributed by atoms with Gasteiger partial charge in [0.05, 0.1) is 10.6 Å². The molecule has 2 rings (SSSR count). The summed E-state index contributed by atoms with van der Waals surface area (Å²) in [6.07, 6.45) is 1.04. The highest BCUT2D eigenvalue weighted by Gasteiger charge is 2.35. The predicted octanol–water partition coefficient (Wildman–Crippen LogP) is 2.91. The molecule has 0 saturated carbocycles. The van der Waals surface area contributed by atoms with Crippen molar-refractivity contribution in [2.45, 2.75) is 31.2 Å². The van der Waals surface area contributed by atoms with E-state index in [4.69, 9.17) is 0 Å². The number of benzene rings is 1. The normalized spacial score (nSPS) is 25.7. The zero-order chi connectivity index (χ0) is 13.3. The first kappa shape index (κ1) is 14.0. The van der Waals surface area contributed by atoms with Gasteiger partial charge < -0.3 is 5.32 Å². The first-order valence-electron chi connectivity index (χ1n) is 6.21. The summed E-state index contributed by atoms with van der Waals surface area (Å²) in [5.74, 6) is 0.326. The van der Waals surface area contributed by atoms with E-state index in [9.17, 15) is 8.42 Å². The number of halogens is 1. The van der Waals surface area contributed by atoms with Gasteiger partial charge in [-0.15, -0.1) is 0 Å². The Morgan fingerprint density at radius 3 is 2.83 bits per heavy atom. The molecule has 0 saturated heterocycles. The van der Waals surface area contributed by atoms with Crippen molar-refractivity contribution in [2.24, 2.45) is 5.92 Å². The monoisotopic (exact) mass is 331 g/mol. The molecule has 0 spiro atoms. The van der Waals surface area contributed by atoms with Gasteiger partial charge in [-0.2, -0.15) is 0 Å². The van der Waals surface area contributed by atoms with Crippen LogP contribution in [-0.4, -0.2) is 20.7 Å². The lowest BCUT2D eigenvalue weighted by Gasteiger charge is -2.32. The van der Waals surface area contributed by atoms with Gasteiger partial charge in [0.25, 0.3) is 0 Å². The third-order valence-corrected chi connectivity index (χ3v) is 5.81. The molecule has 1 aromatic carbocycles. The van der Waals surface area contributed by atoms with Crippen LogP contribution in [-0.2, 0) is 9.84 Å². The average Bonchev–Trinajstić information content (AvgIpc) is 2.27. The number of sulfone groups is 1. The van der Waals surface area contributed by atoms with E-state index in [1.165, 1.54) is 0 Å². The smallest absolute Gasteiger partial charge is 0.179 e. The zero-order valence-electron chi connectivity index (χ0n) is 10.6. The van der Waals surface area contributed by atoms with Crippen molar-refractivity contribution in [2.75, 3.05) is 12.3 Å². The molecule has 3 nitrogen and oxygen atoms in total. The van der Waals surface area contributed by atoms with Crippen LogP contribution in [0.1, 0.15) is 31.9 Å². The zero-order valence-corrected chi connectivity index (χ0v) is 13.0. The Kier molecular flexibility index (Phi) is 4.14.